The molecular weight excluding hydrogens is 406 g/mol. The highest BCUT2D eigenvalue weighted by molar-refractivity contribution is 5.96. The number of hydrogen-bond donors (Lipinski definition) is 2. The third-order valence-electron chi connectivity index (χ3n) is 5.58. The lowest BCUT2D eigenvalue weighted by Gasteiger charge is -2.23. The van der Waals surface area contributed by atoms with Gasteiger partial charge in [0, 0.05) is 23.7 Å². The number of nitrogens with one attached hydrogen (secondary N) is 1. The molecule has 1 aliphatic heterocycles. The van der Waals surface area contributed by atoms with Crippen LogP contribution in [0.1, 0.15) is 36.2 Å². The number of anilines is 1. The molecule has 5 rings (SSSR count). The van der Waals surface area contributed by atoms with Crippen LogP contribution in [0.5, 0.6) is 0 Å². The predicted molar refractivity (Wildman–Crippen MR) is 108 cm³/mol. The minimum Gasteiger partial charge on any atom is -0.390 e. The molecule has 0 spiro atoms. The summed E-state index contributed by atoms with van der Waals surface area (Å²) in [7, 11) is 0. The van der Waals surface area contributed by atoms with Gasteiger partial charge in [0.1, 0.15) is 17.3 Å². The number of carbonyl (C=O) groups is 1. The number of H-pyrrole nitrogens is 1. The number of hydrogen-bond acceptors (Lipinski definition) is 5. The lowest BCUT2D eigenvalue weighted by molar-refractivity contribution is -0.117. The van der Waals surface area contributed by atoms with Crippen LogP contribution < -0.4 is 4.90 Å². The van der Waals surface area contributed by atoms with Crippen LogP contribution in [0.25, 0.3) is 22.2 Å². The largest absolute Gasteiger partial charge is 0.390 e. The number of aliphatic hydroxyl groups is 1. The standard InChI is InChI=1S/C22H18F2N4O3/c1-11-21(18(10-29)27-31-11)12-2-5-16-17(8-12)26-22(25-16)19-6-7-20(30)28(19)13-3-4-14(23)15(24)9-13/h2-5,8-9,19,29H,6-7,10H2,1H3,(H,25,26)/t19-/m0/s1. The molecule has 0 aliphatic carbocycles. The maximum absolute atomic E-state index is 13.8. The first kappa shape index (κ1) is 19.4. The third-order valence-corrected chi connectivity index (χ3v) is 5.58. The highest BCUT2D eigenvalue weighted by Gasteiger charge is 2.35. The van der Waals surface area contributed by atoms with E-state index >= 15 is 0 Å². The van der Waals surface area contributed by atoms with Crippen LogP contribution in [0.2, 0.25) is 0 Å². The summed E-state index contributed by atoms with van der Waals surface area (Å²) in [5, 5.41) is 13.4. The average molecular weight is 424 g/mol. The lowest BCUT2D eigenvalue weighted by atomic mass is 10.0. The van der Waals surface area contributed by atoms with Crippen molar-refractivity contribution in [2.24, 2.45) is 0 Å². The zero-order valence-electron chi connectivity index (χ0n) is 16.5. The van der Waals surface area contributed by atoms with Gasteiger partial charge in [-0.15, -0.1) is 0 Å². The van der Waals surface area contributed by atoms with Gasteiger partial charge in [0.25, 0.3) is 0 Å². The molecule has 1 amide bonds. The monoisotopic (exact) mass is 424 g/mol. The maximum Gasteiger partial charge on any atom is 0.227 e. The van der Waals surface area contributed by atoms with Crippen molar-refractivity contribution in [1.82, 2.24) is 15.1 Å². The number of nitrogens with zero attached hydrogens (tertiary/aromatic N) is 3. The number of benzene rings is 2. The Morgan fingerprint density at radius 1 is 1.23 bits per heavy atom. The lowest BCUT2D eigenvalue weighted by Crippen LogP contribution is -2.28. The van der Waals surface area contributed by atoms with Crippen LogP contribution in [0.3, 0.4) is 0 Å². The first-order valence-electron chi connectivity index (χ1n) is 9.79. The maximum atomic E-state index is 13.8. The molecular formula is C22H18F2N4O3. The highest BCUT2D eigenvalue weighted by atomic mass is 19.2. The van der Waals surface area contributed by atoms with Crippen LogP contribution in [-0.4, -0.2) is 26.1 Å². The molecule has 2 N–H and O–H groups in total. The fraction of sp³-hybridized carbons (Fsp3) is 0.227. The normalized spacial score (nSPS) is 16.6. The second-order valence-corrected chi connectivity index (χ2v) is 7.49. The number of fused-ring (bicyclic) bond motifs is 1. The van der Waals surface area contributed by atoms with Gasteiger partial charge < -0.3 is 19.5 Å². The molecule has 1 fully saturated rings. The van der Waals surface area contributed by atoms with Gasteiger partial charge in [-0.3, -0.25) is 4.79 Å². The number of aliphatic hydroxyl groups excluding tert-OH is 1. The molecule has 0 unspecified atom stereocenters. The van der Waals surface area contributed by atoms with Crippen LogP contribution in [0, 0.1) is 18.6 Å². The third kappa shape index (κ3) is 3.17. The molecule has 158 valence electrons. The minimum atomic E-state index is -1.01. The summed E-state index contributed by atoms with van der Waals surface area (Å²) in [5.41, 5.74) is 3.71. The minimum absolute atomic E-state index is 0.176. The number of rotatable bonds is 4. The van der Waals surface area contributed by atoms with E-state index in [2.05, 4.69) is 15.1 Å². The van der Waals surface area contributed by atoms with Crippen LogP contribution >= 0.6 is 0 Å². The zero-order chi connectivity index (χ0) is 21.7. The van der Waals surface area contributed by atoms with E-state index in [0.29, 0.717) is 34.9 Å². The van der Waals surface area contributed by atoms with E-state index in [4.69, 9.17) is 4.52 Å². The number of aromatic amines is 1. The molecule has 0 radical (unpaired) electrons. The Morgan fingerprint density at radius 3 is 2.84 bits per heavy atom. The molecule has 31 heavy (non-hydrogen) atoms. The van der Waals surface area contributed by atoms with Crippen molar-refractivity contribution in [3.63, 3.8) is 0 Å². The Balaban J connectivity index is 1.54. The van der Waals surface area contributed by atoms with E-state index in [0.717, 1.165) is 28.8 Å². The van der Waals surface area contributed by atoms with Crippen molar-refractivity contribution < 1.29 is 23.2 Å². The summed E-state index contributed by atoms with van der Waals surface area (Å²) in [6, 6.07) is 8.58. The van der Waals surface area contributed by atoms with Gasteiger partial charge in [-0.2, -0.15) is 0 Å². The van der Waals surface area contributed by atoms with Gasteiger partial charge in [0.2, 0.25) is 5.91 Å². The SMILES string of the molecule is Cc1onc(CO)c1-c1ccc2nc([C@@H]3CCC(=O)N3c3ccc(F)c(F)c3)[nH]c2c1. The topological polar surface area (TPSA) is 95.2 Å². The fourth-order valence-corrected chi connectivity index (χ4v) is 4.14. The van der Waals surface area contributed by atoms with Crippen molar-refractivity contribution >= 4 is 22.6 Å². The van der Waals surface area contributed by atoms with Crippen molar-refractivity contribution in [3.05, 3.63) is 65.3 Å². The van der Waals surface area contributed by atoms with Gasteiger partial charge >= 0.3 is 0 Å². The first-order chi connectivity index (χ1) is 15.0. The van der Waals surface area contributed by atoms with Gasteiger partial charge in [-0.05, 0) is 43.2 Å². The molecule has 0 bridgehead atoms. The van der Waals surface area contributed by atoms with Crippen molar-refractivity contribution in [1.29, 1.82) is 0 Å². The molecule has 9 heteroatoms. The van der Waals surface area contributed by atoms with Crippen molar-refractivity contribution in [2.45, 2.75) is 32.4 Å². The van der Waals surface area contributed by atoms with Gasteiger partial charge in [-0.25, -0.2) is 13.8 Å². The Morgan fingerprint density at radius 2 is 2.06 bits per heavy atom. The molecule has 1 atom stereocenters. The summed E-state index contributed by atoms with van der Waals surface area (Å²) in [5.74, 6) is -0.991. The number of aromatic nitrogens is 3. The molecule has 2 aromatic carbocycles. The van der Waals surface area contributed by atoms with Crippen molar-refractivity contribution in [3.8, 4) is 11.1 Å². The quantitative estimate of drug-likeness (QED) is 0.513. The van der Waals surface area contributed by atoms with E-state index in [1.807, 2.05) is 18.2 Å². The molecule has 3 heterocycles. The zero-order valence-corrected chi connectivity index (χ0v) is 16.5. The first-order valence-corrected chi connectivity index (χ1v) is 9.79. The van der Waals surface area contributed by atoms with E-state index in [1.54, 1.807) is 6.92 Å². The summed E-state index contributed by atoms with van der Waals surface area (Å²) in [6.45, 7) is 1.53. The summed E-state index contributed by atoms with van der Waals surface area (Å²) >= 11 is 0. The second-order valence-electron chi connectivity index (χ2n) is 7.49. The van der Waals surface area contributed by atoms with E-state index in [-0.39, 0.29) is 18.9 Å². The van der Waals surface area contributed by atoms with Gasteiger partial charge in [-0.1, -0.05) is 11.2 Å². The Bertz CT molecular complexity index is 1310. The Labute approximate surface area is 175 Å². The van der Waals surface area contributed by atoms with Crippen LogP contribution in [-0.2, 0) is 11.4 Å². The highest BCUT2D eigenvalue weighted by Crippen LogP contribution is 2.37. The predicted octanol–water partition coefficient (Wildman–Crippen LogP) is 4.16. The molecule has 2 aromatic heterocycles. The summed E-state index contributed by atoms with van der Waals surface area (Å²) in [4.78, 5) is 21.9. The van der Waals surface area contributed by atoms with E-state index < -0.39 is 17.7 Å². The molecule has 1 saturated heterocycles. The van der Waals surface area contributed by atoms with Gasteiger partial charge in [0.05, 0.1) is 23.7 Å². The number of halogens is 2. The Hall–Kier alpha value is -3.59. The number of aryl methyl sites for hydroxylation is 1. The van der Waals surface area contributed by atoms with Crippen LogP contribution in [0.4, 0.5) is 14.5 Å². The Kier molecular flexibility index (Phi) is 4.55. The fourth-order valence-electron chi connectivity index (χ4n) is 4.14. The number of carbonyl (C=O) groups excluding carboxylic acids is 1. The summed E-state index contributed by atoms with van der Waals surface area (Å²) < 4.78 is 32.3. The van der Waals surface area contributed by atoms with E-state index in [1.165, 1.54) is 11.0 Å². The van der Waals surface area contributed by atoms with Crippen LogP contribution in [0.15, 0.2) is 40.9 Å². The molecule has 7 nitrogen and oxygen atoms in total. The van der Waals surface area contributed by atoms with Gasteiger partial charge in [0.15, 0.2) is 11.6 Å². The smallest absolute Gasteiger partial charge is 0.227 e. The summed E-state index contributed by atoms with van der Waals surface area (Å²) in [6.07, 6.45) is 0.787. The average Bonchev–Trinajstić information content (AvgIpc) is 3.45. The molecule has 4 aromatic rings. The number of amides is 1. The second kappa shape index (κ2) is 7.28. The molecule has 1 aliphatic rings. The van der Waals surface area contributed by atoms with Crippen molar-refractivity contribution in [2.75, 3.05) is 4.90 Å². The molecule has 0 saturated carbocycles. The number of imidazole rings is 1. The van der Waals surface area contributed by atoms with E-state index in [9.17, 15) is 18.7 Å².